The van der Waals surface area contributed by atoms with Crippen LogP contribution in [0.2, 0.25) is 0 Å². The molecule has 9 nitrogen and oxygen atoms in total. The van der Waals surface area contributed by atoms with Crippen molar-refractivity contribution in [3.8, 4) is 5.75 Å². The van der Waals surface area contributed by atoms with Gasteiger partial charge in [0.05, 0.1) is 30.0 Å². The summed E-state index contributed by atoms with van der Waals surface area (Å²) in [7, 11) is 0. The molecular weight excluding hydrogens is 428 g/mol. The minimum absolute atomic E-state index is 0.128. The minimum atomic E-state index is -0.128. The first-order valence-corrected chi connectivity index (χ1v) is 12.1. The normalized spacial score (nSPS) is 16.4. The number of anilines is 1. The van der Waals surface area contributed by atoms with Crippen molar-refractivity contribution in [1.29, 1.82) is 0 Å². The fourth-order valence-electron chi connectivity index (χ4n) is 4.26. The van der Waals surface area contributed by atoms with Gasteiger partial charge in [-0.2, -0.15) is 0 Å². The molecule has 1 aromatic carbocycles. The van der Waals surface area contributed by atoms with Crippen LogP contribution < -0.4 is 9.64 Å². The molecule has 0 atom stereocenters. The van der Waals surface area contributed by atoms with E-state index in [1.54, 1.807) is 4.90 Å². The van der Waals surface area contributed by atoms with E-state index < -0.39 is 0 Å². The van der Waals surface area contributed by atoms with Crippen molar-refractivity contribution in [2.75, 3.05) is 50.9 Å². The topological polar surface area (TPSA) is 85.6 Å². The van der Waals surface area contributed by atoms with Crippen LogP contribution in [0, 0.1) is 0 Å². The first-order valence-electron chi connectivity index (χ1n) is 11.3. The van der Waals surface area contributed by atoms with Crippen LogP contribution in [0.15, 0.2) is 18.2 Å². The lowest BCUT2D eigenvalue weighted by atomic mass is 10.3. The molecule has 4 heterocycles. The van der Waals surface area contributed by atoms with Crippen LogP contribution in [-0.4, -0.2) is 76.6 Å². The molecule has 2 aliphatic rings. The largest absolute Gasteiger partial charge is 0.494 e. The van der Waals surface area contributed by atoms with Gasteiger partial charge >= 0.3 is 0 Å². The predicted molar refractivity (Wildman–Crippen MR) is 123 cm³/mol. The number of hydrogen-bond donors (Lipinski definition) is 0. The van der Waals surface area contributed by atoms with Gasteiger partial charge in [0.15, 0.2) is 5.13 Å². The smallest absolute Gasteiger partial charge is 0.298 e. The number of aromatic nitrogens is 4. The number of rotatable bonds is 8. The lowest BCUT2D eigenvalue weighted by Crippen LogP contribution is -2.39. The standard InChI is InChI=1S/C22H28N6O3S/c1-2-31-16-6-7-17-18(15-16)32-22(23-17)28(10-4-8-26-11-13-30-14-12-26)21(29)20-25-24-19-5-3-9-27(19)20/h6-7,15H,2-5,8-14H2,1H3. The summed E-state index contributed by atoms with van der Waals surface area (Å²) >= 11 is 1.51. The molecule has 170 valence electrons. The number of morpholine rings is 1. The molecule has 0 unspecified atom stereocenters. The van der Waals surface area contributed by atoms with Crippen LogP contribution in [0.4, 0.5) is 5.13 Å². The van der Waals surface area contributed by atoms with Gasteiger partial charge in [-0.25, -0.2) is 4.98 Å². The van der Waals surface area contributed by atoms with Gasteiger partial charge in [-0.15, -0.1) is 10.2 Å². The third kappa shape index (κ3) is 4.35. The fourth-order valence-corrected chi connectivity index (χ4v) is 5.27. The van der Waals surface area contributed by atoms with Crippen LogP contribution in [0.1, 0.15) is 36.2 Å². The third-order valence-corrected chi connectivity index (χ3v) is 6.94. The van der Waals surface area contributed by atoms with E-state index in [4.69, 9.17) is 14.5 Å². The molecule has 0 aliphatic carbocycles. The second-order valence-electron chi connectivity index (χ2n) is 8.02. The highest BCUT2D eigenvalue weighted by atomic mass is 32.1. The van der Waals surface area contributed by atoms with Crippen LogP contribution >= 0.6 is 11.3 Å². The van der Waals surface area contributed by atoms with Gasteiger partial charge in [-0.05, 0) is 38.0 Å². The Morgan fingerprint density at radius 3 is 2.97 bits per heavy atom. The van der Waals surface area contributed by atoms with Crippen LogP contribution in [0.5, 0.6) is 5.75 Å². The highest BCUT2D eigenvalue weighted by molar-refractivity contribution is 7.22. The summed E-state index contributed by atoms with van der Waals surface area (Å²) in [5.74, 6) is 2.00. The lowest BCUT2D eigenvalue weighted by Gasteiger charge is -2.27. The molecule has 0 bridgehead atoms. The quantitative estimate of drug-likeness (QED) is 0.515. The number of fused-ring (bicyclic) bond motifs is 2. The average molecular weight is 457 g/mol. The maximum atomic E-state index is 13.6. The number of carbonyl (C=O) groups is 1. The van der Waals surface area contributed by atoms with Crippen LogP contribution in [0.3, 0.4) is 0 Å². The van der Waals surface area contributed by atoms with E-state index in [-0.39, 0.29) is 5.91 Å². The van der Waals surface area contributed by atoms with Crippen molar-refractivity contribution in [1.82, 2.24) is 24.6 Å². The molecule has 0 saturated carbocycles. The molecule has 2 aromatic heterocycles. The highest BCUT2D eigenvalue weighted by Gasteiger charge is 2.29. The lowest BCUT2D eigenvalue weighted by molar-refractivity contribution is 0.0376. The predicted octanol–water partition coefficient (Wildman–Crippen LogP) is 2.60. The Bertz CT molecular complexity index is 1090. The van der Waals surface area contributed by atoms with Gasteiger partial charge in [-0.3, -0.25) is 14.6 Å². The van der Waals surface area contributed by atoms with Crippen LogP contribution in [-0.2, 0) is 17.7 Å². The second kappa shape index (κ2) is 9.51. The molecule has 2 aliphatic heterocycles. The summed E-state index contributed by atoms with van der Waals surface area (Å²) in [4.78, 5) is 22.5. The van der Waals surface area contributed by atoms with E-state index in [9.17, 15) is 4.79 Å². The van der Waals surface area contributed by atoms with Crippen LogP contribution in [0.25, 0.3) is 10.2 Å². The Morgan fingerprint density at radius 2 is 2.12 bits per heavy atom. The maximum absolute atomic E-state index is 13.6. The Morgan fingerprint density at radius 1 is 1.25 bits per heavy atom. The zero-order valence-electron chi connectivity index (χ0n) is 18.3. The second-order valence-corrected chi connectivity index (χ2v) is 9.03. The fraction of sp³-hybridized carbons (Fsp3) is 0.545. The van der Waals surface area contributed by atoms with E-state index >= 15 is 0 Å². The van der Waals surface area contributed by atoms with Crippen molar-refractivity contribution in [2.24, 2.45) is 0 Å². The van der Waals surface area contributed by atoms with Gasteiger partial charge in [0, 0.05) is 39.1 Å². The number of benzene rings is 1. The summed E-state index contributed by atoms with van der Waals surface area (Å²) in [5.41, 5.74) is 0.867. The van der Waals surface area contributed by atoms with E-state index in [0.717, 1.165) is 80.4 Å². The Kier molecular flexibility index (Phi) is 6.33. The molecule has 1 saturated heterocycles. The molecule has 0 N–H and O–H groups in total. The molecule has 0 spiro atoms. The summed E-state index contributed by atoms with van der Waals surface area (Å²) in [6, 6.07) is 5.86. The average Bonchev–Trinajstić information content (AvgIpc) is 3.52. The SMILES string of the molecule is CCOc1ccc2nc(N(CCCN3CCOCC3)C(=O)c3nnc4n3CCC4)sc2c1. The molecule has 5 rings (SSSR count). The summed E-state index contributed by atoms with van der Waals surface area (Å²) in [6.07, 6.45) is 2.73. The van der Waals surface area contributed by atoms with Gasteiger partial charge in [0.1, 0.15) is 11.6 Å². The number of hydrogen-bond acceptors (Lipinski definition) is 8. The van der Waals surface area contributed by atoms with Gasteiger partial charge in [-0.1, -0.05) is 11.3 Å². The summed E-state index contributed by atoms with van der Waals surface area (Å²) in [6.45, 7) is 8.29. The maximum Gasteiger partial charge on any atom is 0.298 e. The number of ether oxygens (including phenoxy) is 2. The van der Waals surface area contributed by atoms with E-state index in [1.807, 2.05) is 29.7 Å². The highest BCUT2D eigenvalue weighted by Crippen LogP contribution is 2.32. The van der Waals surface area contributed by atoms with Crippen molar-refractivity contribution in [2.45, 2.75) is 32.7 Å². The zero-order valence-corrected chi connectivity index (χ0v) is 19.1. The van der Waals surface area contributed by atoms with Gasteiger partial charge in [0.2, 0.25) is 5.82 Å². The molecule has 0 radical (unpaired) electrons. The zero-order chi connectivity index (χ0) is 21.9. The molecule has 1 amide bonds. The Labute approximate surface area is 190 Å². The molecular formula is C22H28N6O3S. The van der Waals surface area contributed by atoms with Crippen molar-refractivity contribution in [3.05, 3.63) is 29.8 Å². The third-order valence-electron chi connectivity index (χ3n) is 5.90. The van der Waals surface area contributed by atoms with E-state index in [2.05, 4.69) is 15.1 Å². The van der Waals surface area contributed by atoms with Crippen molar-refractivity contribution in [3.63, 3.8) is 0 Å². The number of carbonyl (C=O) groups excluding carboxylic acids is 1. The number of nitrogens with zero attached hydrogens (tertiary/aromatic N) is 6. The molecule has 10 heteroatoms. The number of thiazole rings is 1. The molecule has 32 heavy (non-hydrogen) atoms. The summed E-state index contributed by atoms with van der Waals surface area (Å²) in [5, 5.41) is 9.15. The first-order chi connectivity index (χ1) is 15.7. The van der Waals surface area contributed by atoms with Crippen molar-refractivity contribution < 1.29 is 14.3 Å². The van der Waals surface area contributed by atoms with E-state index in [0.29, 0.717) is 24.1 Å². The van der Waals surface area contributed by atoms with E-state index in [1.165, 1.54) is 11.3 Å². The Hall–Kier alpha value is -2.56. The molecule has 3 aromatic rings. The van der Waals surface area contributed by atoms with Crippen molar-refractivity contribution >= 4 is 32.6 Å². The number of amides is 1. The first kappa shape index (κ1) is 21.3. The molecule has 1 fully saturated rings. The summed E-state index contributed by atoms with van der Waals surface area (Å²) < 4.78 is 14.0. The monoisotopic (exact) mass is 456 g/mol. The Balaban J connectivity index is 1.40. The number of aryl methyl sites for hydroxylation is 1. The van der Waals surface area contributed by atoms with Gasteiger partial charge in [0.25, 0.3) is 5.91 Å². The minimum Gasteiger partial charge on any atom is -0.494 e. The van der Waals surface area contributed by atoms with Gasteiger partial charge < -0.3 is 14.0 Å².